The van der Waals surface area contributed by atoms with E-state index in [2.05, 4.69) is 14.8 Å². The van der Waals surface area contributed by atoms with Crippen LogP contribution in [-0.4, -0.2) is 29.1 Å². The fourth-order valence-electron chi connectivity index (χ4n) is 2.91. The van der Waals surface area contributed by atoms with E-state index in [0.717, 1.165) is 16.2 Å². The van der Waals surface area contributed by atoms with Crippen LogP contribution in [0.25, 0.3) is 21.6 Å². The van der Waals surface area contributed by atoms with Gasteiger partial charge in [-0.3, -0.25) is 9.48 Å². The second-order valence-electron chi connectivity index (χ2n) is 6.06. The Kier molecular flexibility index (Phi) is 5.16. The minimum Gasteiger partial charge on any atom is -0.268 e. The number of nitrogens with zero attached hydrogens (tertiary/aromatic N) is 3. The largest absolute Gasteiger partial charge is 0.268 e. The molecule has 0 spiro atoms. The maximum Gasteiger partial charge on any atom is 0.266 e. The first-order valence-corrected chi connectivity index (χ1v) is 12.0. The van der Waals surface area contributed by atoms with Crippen LogP contribution < -0.4 is 4.72 Å². The number of carbonyl (C=O) groups is 1. The molecule has 1 amide bonds. The highest BCUT2D eigenvalue weighted by molar-refractivity contribution is 7.90. The van der Waals surface area contributed by atoms with Crippen molar-refractivity contribution in [3.63, 3.8) is 0 Å². The van der Waals surface area contributed by atoms with Gasteiger partial charge in [0, 0.05) is 7.05 Å². The Hall–Kier alpha value is -1.98. The molecule has 29 heavy (non-hydrogen) atoms. The highest BCUT2D eigenvalue weighted by atomic mass is 35.5. The topological polar surface area (TPSA) is 93.9 Å². The van der Waals surface area contributed by atoms with Crippen molar-refractivity contribution in [2.24, 2.45) is 7.05 Å². The Bertz CT molecular complexity index is 1360. The lowest BCUT2D eigenvalue weighted by Gasteiger charge is -2.09. The molecule has 0 unspecified atom stereocenters. The summed E-state index contributed by atoms with van der Waals surface area (Å²) in [7, 11) is -2.49. The molecule has 0 fully saturated rings. The summed E-state index contributed by atoms with van der Waals surface area (Å²) in [6.07, 6.45) is 0. The molecule has 0 saturated heterocycles. The summed E-state index contributed by atoms with van der Waals surface area (Å²) in [6.45, 7) is 1.73. The van der Waals surface area contributed by atoms with Crippen molar-refractivity contribution in [1.29, 1.82) is 0 Å². The van der Waals surface area contributed by atoms with E-state index in [1.165, 1.54) is 17.4 Å². The van der Waals surface area contributed by atoms with Crippen LogP contribution in [0.3, 0.4) is 0 Å². The van der Waals surface area contributed by atoms with E-state index < -0.39 is 15.9 Å². The second kappa shape index (κ2) is 7.37. The van der Waals surface area contributed by atoms with Gasteiger partial charge in [0.25, 0.3) is 15.9 Å². The van der Waals surface area contributed by atoms with E-state index >= 15 is 0 Å². The quantitative estimate of drug-likeness (QED) is 0.458. The van der Waals surface area contributed by atoms with Crippen LogP contribution in [0.2, 0.25) is 8.67 Å². The zero-order valence-electron chi connectivity index (χ0n) is 14.9. The molecule has 4 aromatic rings. The summed E-state index contributed by atoms with van der Waals surface area (Å²) >= 11 is 14.2. The van der Waals surface area contributed by atoms with Crippen molar-refractivity contribution >= 4 is 72.8 Å². The lowest BCUT2D eigenvalue weighted by Crippen LogP contribution is -2.30. The zero-order chi connectivity index (χ0) is 20.9. The highest BCUT2D eigenvalue weighted by Gasteiger charge is 2.27. The molecule has 0 aromatic carbocycles. The number of fused-ring (bicyclic) bond motifs is 1. The minimum atomic E-state index is -4.21. The molecule has 0 bridgehead atoms. The summed E-state index contributed by atoms with van der Waals surface area (Å²) < 4.78 is 29.2. The number of sulfonamides is 1. The summed E-state index contributed by atoms with van der Waals surface area (Å²) in [4.78, 5) is 18.2. The summed E-state index contributed by atoms with van der Waals surface area (Å²) in [6, 6.07) is 6.51. The van der Waals surface area contributed by atoms with Gasteiger partial charge in [0.15, 0.2) is 5.65 Å². The van der Waals surface area contributed by atoms with E-state index in [1.54, 1.807) is 24.7 Å². The fraction of sp³-hybridized carbons (Fsp3) is 0.118. The Morgan fingerprint density at radius 2 is 2.03 bits per heavy atom. The fourth-order valence-corrected chi connectivity index (χ4v) is 6.72. The molecule has 4 rings (SSSR count). The predicted octanol–water partition coefficient (Wildman–Crippen LogP) is 4.49. The SMILES string of the molecule is Cc1nn(C)c2nc(-c3cccs3)cc(C(=O)NS(=O)(=O)c3cc(Cl)sc3Cl)c12. The number of halogens is 2. The third-order valence-corrected chi connectivity index (χ3v) is 8.11. The van der Waals surface area contributed by atoms with Crippen LogP contribution in [0.15, 0.2) is 34.5 Å². The van der Waals surface area contributed by atoms with Crippen LogP contribution >= 0.6 is 45.9 Å². The maximum atomic E-state index is 13.0. The number of aryl methyl sites for hydroxylation is 2. The molecular formula is C17H12Cl2N4O3S3. The first-order valence-electron chi connectivity index (χ1n) is 8.07. The molecule has 7 nitrogen and oxygen atoms in total. The molecule has 4 heterocycles. The van der Waals surface area contributed by atoms with Crippen LogP contribution in [0.4, 0.5) is 0 Å². The molecule has 0 aliphatic carbocycles. The first-order chi connectivity index (χ1) is 13.7. The number of carbonyl (C=O) groups excluding carboxylic acids is 1. The van der Waals surface area contributed by atoms with Crippen molar-refractivity contribution in [3.8, 4) is 10.6 Å². The molecule has 0 radical (unpaired) electrons. The van der Waals surface area contributed by atoms with Crippen molar-refractivity contribution in [3.05, 3.63) is 49.6 Å². The average molecular weight is 487 g/mol. The Morgan fingerprint density at radius 1 is 1.28 bits per heavy atom. The molecule has 0 atom stereocenters. The Labute approximate surface area is 184 Å². The number of hydrogen-bond acceptors (Lipinski definition) is 7. The number of pyridine rings is 1. The normalized spacial score (nSPS) is 11.9. The van der Waals surface area contributed by atoms with Gasteiger partial charge in [-0.25, -0.2) is 18.1 Å². The lowest BCUT2D eigenvalue weighted by molar-refractivity contribution is 0.0983. The van der Waals surface area contributed by atoms with E-state index in [0.29, 0.717) is 22.4 Å². The van der Waals surface area contributed by atoms with Gasteiger partial charge in [0.05, 0.1) is 31.6 Å². The van der Waals surface area contributed by atoms with Crippen molar-refractivity contribution in [2.75, 3.05) is 0 Å². The van der Waals surface area contributed by atoms with Gasteiger partial charge in [-0.05, 0) is 30.5 Å². The van der Waals surface area contributed by atoms with Gasteiger partial charge in [-0.2, -0.15) is 5.10 Å². The predicted molar refractivity (Wildman–Crippen MR) is 116 cm³/mol. The number of amides is 1. The smallest absolute Gasteiger partial charge is 0.266 e. The molecule has 150 valence electrons. The number of aromatic nitrogens is 3. The van der Waals surface area contributed by atoms with Gasteiger partial charge < -0.3 is 0 Å². The Balaban J connectivity index is 1.84. The van der Waals surface area contributed by atoms with E-state index in [9.17, 15) is 13.2 Å². The van der Waals surface area contributed by atoms with Crippen LogP contribution in [-0.2, 0) is 17.1 Å². The number of hydrogen-bond donors (Lipinski definition) is 1. The number of rotatable bonds is 4. The molecule has 4 aromatic heterocycles. The monoisotopic (exact) mass is 486 g/mol. The highest BCUT2D eigenvalue weighted by Crippen LogP contribution is 2.34. The van der Waals surface area contributed by atoms with Gasteiger partial charge >= 0.3 is 0 Å². The van der Waals surface area contributed by atoms with E-state index in [-0.39, 0.29) is 19.1 Å². The van der Waals surface area contributed by atoms with E-state index in [1.807, 2.05) is 17.5 Å². The summed E-state index contributed by atoms with van der Waals surface area (Å²) in [5.74, 6) is -0.801. The standard InChI is InChI=1S/C17H12Cl2N4O3S3/c1-8-14-9(17(24)22-29(25,26)12-7-13(18)28-15(12)19)6-10(11-4-3-5-27-11)20-16(14)23(2)21-8/h3-7H,1-2H3,(H,22,24). The molecule has 0 aliphatic rings. The minimum absolute atomic E-state index is 0.0213. The number of thiophene rings is 2. The third-order valence-electron chi connectivity index (χ3n) is 4.13. The third kappa shape index (κ3) is 3.66. The lowest BCUT2D eigenvalue weighted by atomic mass is 10.1. The molecule has 1 N–H and O–H groups in total. The van der Waals surface area contributed by atoms with Crippen LogP contribution in [0.1, 0.15) is 16.1 Å². The zero-order valence-corrected chi connectivity index (χ0v) is 18.9. The van der Waals surface area contributed by atoms with Crippen LogP contribution in [0.5, 0.6) is 0 Å². The van der Waals surface area contributed by atoms with Gasteiger partial charge in [0.2, 0.25) is 0 Å². The van der Waals surface area contributed by atoms with Crippen LogP contribution in [0, 0.1) is 6.92 Å². The van der Waals surface area contributed by atoms with Gasteiger partial charge in [-0.15, -0.1) is 22.7 Å². The number of nitrogens with one attached hydrogen (secondary N) is 1. The Morgan fingerprint density at radius 3 is 2.66 bits per heavy atom. The molecular weight excluding hydrogens is 475 g/mol. The first kappa shape index (κ1) is 20.3. The van der Waals surface area contributed by atoms with E-state index in [4.69, 9.17) is 23.2 Å². The van der Waals surface area contributed by atoms with Gasteiger partial charge in [0.1, 0.15) is 9.23 Å². The molecule has 12 heteroatoms. The molecule has 0 aliphatic heterocycles. The van der Waals surface area contributed by atoms with Crippen molar-refractivity contribution < 1.29 is 13.2 Å². The molecule has 0 saturated carbocycles. The second-order valence-corrected chi connectivity index (χ2v) is 10.9. The van der Waals surface area contributed by atoms with Crippen molar-refractivity contribution in [1.82, 2.24) is 19.5 Å². The summed E-state index contributed by atoms with van der Waals surface area (Å²) in [5.41, 5.74) is 1.75. The average Bonchev–Trinajstić information content (AvgIpc) is 3.35. The maximum absolute atomic E-state index is 13.0. The van der Waals surface area contributed by atoms with Gasteiger partial charge in [-0.1, -0.05) is 29.3 Å². The summed E-state index contributed by atoms with van der Waals surface area (Å²) in [5, 5.41) is 6.69. The van der Waals surface area contributed by atoms with Crippen molar-refractivity contribution in [2.45, 2.75) is 11.8 Å².